The third-order valence-corrected chi connectivity index (χ3v) is 5.37. The smallest absolute Gasteiger partial charge is 0.0854 e. The zero-order valence-corrected chi connectivity index (χ0v) is 11.0. The summed E-state index contributed by atoms with van der Waals surface area (Å²) in [5.74, 6) is 2.80. The molecule has 2 heteroatoms. The van der Waals surface area contributed by atoms with Gasteiger partial charge in [0.1, 0.15) is 0 Å². The van der Waals surface area contributed by atoms with E-state index in [1.54, 1.807) is 0 Å². The van der Waals surface area contributed by atoms with Crippen molar-refractivity contribution >= 4 is 0 Å². The van der Waals surface area contributed by atoms with Crippen LogP contribution in [0.1, 0.15) is 18.1 Å². The van der Waals surface area contributed by atoms with Gasteiger partial charge in [-0.25, -0.2) is 0 Å². The predicted molar refractivity (Wildman–Crippen MR) is 71.4 cm³/mol. The predicted octanol–water partition coefficient (Wildman–Crippen LogP) is 1.71. The Morgan fingerprint density at radius 2 is 1.72 bits per heavy atom. The maximum atomic E-state index is 10.8. The Labute approximate surface area is 109 Å². The Kier molecular flexibility index (Phi) is 2.19. The van der Waals surface area contributed by atoms with Crippen molar-refractivity contribution in [2.75, 3.05) is 19.6 Å². The average molecular weight is 243 g/mol. The minimum atomic E-state index is -0.510. The molecule has 2 fully saturated rings. The molecule has 2 atom stereocenters. The van der Waals surface area contributed by atoms with Gasteiger partial charge in [0.15, 0.2) is 0 Å². The summed E-state index contributed by atoms with van der Waals surface area (Å²) < 4.78 is 0. The third kappa shape index (κ3) is 1.63. The molecule has 2 aliphatic carbocycles. The number of piperidine rings is 1. The van der Waals surface area contributed by atoms with Crippen molar-refractivity contribution in [2.45, 2.75) is 25.4 Å². The Bertz CT molecular complexity index is 447. The molecule has 1 heterocycles. The topological polar surface area (TPSA) is 23.5 Å². The van der Waals surface area contributed by atoms with E-state index >= 15 is 0 Å². The highest BCUT2D eigenvalue weighted by atomic mass is 16.3. The Hall–Kier alpha value is -0.860. The summed E-state index contributed by atoms with van der Waals surface area (Å²) in [5.41, 5.74) is 2.18. The second-order valence-electron chi connectivity index (χ2n) is 6.73. The molecule has 1 aromatic rings. The summed E-state index contributed by atoms with van der Waals surface area (Å²) in [6, 6.07) is 8.49. The van der Waals surface area contributed by atoms with E-state index in [9.17, 15) is 5.11 Å². The highest BCUT2D eigenvalue weighted by Crippen LogP contribution is 2.51. The van der Waals surface area contributed by atoms with E-state index in [0.717, 1.165) is 37.1 Å². The molecule has 3 aliphatic rings. The van der Waals surface area contributed by atoms with E-state index in [-0.39, 0.29) is 0 Å². The number of β-amino-alcohol motifs (C(OH)–C–C–N with tert-alkyl or cyclic N) is 1. The van der Waals surface area contributed by atoms with Crippen molar-refractivity contribution < 1.29 is 5.11 Å². The third-order valence-electron chi connectivity index (χ3n) is 5.37. The number of aliphatic hydroxyl groups is 1. The van der Waals surface area contributed by atoms with Gasteiger partial charge in [-0.15, -0.1) is 0 Å². The lowest BCUT2D eigenvalue weighted by molar-refractivity contribution is 0.0148. The SMILES string of the molecule is CC1C2CN(CC3(O)Cc4ccccc4C3)CC12. The van der Waals surface area contributed by atoms with E-state index in [0.29, 0.717) is 0 Å². The lowest BCUT2D eigenvalue weighted by Crippen LogP contribution is -2.44. The van der Waals surface area contributed by atoms with Gasteiger partial charge in [-0.3, -0.25) is 4.90 Å². The molecule has 0 bridgehead atoms. The molecule has 1 saturated heterocycles. The number of hydrogen-bond acceptors (Lipinski definition) is 2. The van der Waals surface area contributed by atoms with Crippen LogP contribution in [0.2, 0.25) is 0 Å². The number of nitrogens with zero attached hydrogens (tertiary/aromatic N) is 1. The van der Waals surface area contributed by atoms with Gasteiger partial charge >= 0.3 is 0 Å². The van der Waals surface area contributed by atoms with Crippen LogP contribution < -0.4 is 0 Å². The second-order valence-corrected chi connectivity index (χ2v) is 6.73. The first-order chi connectivity index (χ1) is 8.65. The zero-order chi connectivity index (χ0) is 12.3. The van der Waals surface area contributed by atoms with E-state index in [4.69, 9.17) is 0 Å². The molecule has 1 saturated carbocycles. The standard InChI is InChI=1S/C16H21NO/c1-11-14-8-17(9-15(11)14)10-16(18)6-12-4-2-3-5-13(12)7-16/h2-5,11,14-15,18H,6-10H2,1H3. The van der Waals surface area contributed by atoms with Gasteiger partial charge in [0.2, 0.25) is 0 Å². The fourth-order valence-electron chi connectivity index (χ4n) is 4.24. The van der Waals surface area contributed by atoms with Crippen molar-refractivity contribution in [1.82, 2.24) is 4.90 Å². The number of rotatable bonds is 2. The van der Waals surface area contributed by atoms with Crippen molar-refractivity contribution in [2.24, 2.45) is 17.8 Å². The fourth-order valence-corrected chi connectivity index (χ4v) is 4.24. The summed E-state index contributed by atoms with van der Waals surface area (Å²) in [6.45, 7) is 5.66. The lowest BCUT2D eigenvalue weighted by atomic mass is 9.99. The largest absolute Gasteiger partial charge is 0.388 e. The highest BCUT2D eigenvalue weighted by molar-refractivity contribution is 5.35. The first-order valence-corrected chi connectivity index (χ1v) is 7.16. The van der Waals surface area contributed by atoms with E-state index < -0.39 is 5.60 Å². The first kappa shape index (κ1) is 11.0. The van der Waals surface area contributed by atoms with Crippen LogP contribution in [0.4, 0.5) is 0 Å². The molecule has 18 heavy (non-hydrogen) atoms. The van der Waals surface area contributed by atoms with Crippen molar-refractivity contribution in [3.05, 3.63) is 35.4 Å². The molecule has 0 spiro atoms. The lowest BCUT2D eigenvalue weighted by Gasteiger charge is -2.29. The van der Waals surface area contributed by atoms with E-state index in [1.165, 1.54) is 24.2 Å². The summed E-state index contributed by atoms with van der Waals surface area (Å²) in [5, 5.41) is 10.8. The summed E-state index contributed by atoms with van der Waals surface area (Å²) in [7, 11) is 0. The fraction of sp³-hybridized carbons (Fsp3) is 0.625. The van der Waals surface area contributed by atoms with Crippen LogP contribution in [0.3, 0.4) is 0 Å². The molecular formula is C16H21NO. The van der Waals surface area contributed by atoms with E-state index in [2.05, 4.69) is 36.1 Å². The monoisotopic (exact) mass is 243 g/mol. The van der Waals surface area contributed by atoms with Gasteiger partial charge < -0.3 is 5.11 Å². The summed E-state index contributed by atoms with van der Waals surface area (Å²) in [6.07, 6.45) is 1.68. The maximum Gasteiger partial charge on any atom is 0.0854 e. The highest BCUT2D eigenvalue weighted by Gasteiger charge is 2.53. The van der Waals surface area contributed by atoms with Gasteiger partial charge in [0, 0.05) is 32.5 Å². The van der Waals surface area contributed by atoms with Crippen LogP contribution in [0.25, 0.3) is 0 Å². The van der Waals surface area contributed by atoms with Crippen molar-refractivity contribution in [3.63, 3.8) is 0 Å². The Morgan fingerprint density at radius 1 is 1.17 bits per heavy atom. The molecule has 0 amide bonds. The maximum absolute atomic E-state index is 10.8. The van der Waals surface area contributed by atoms with E-state index in [1.807, 2.05) is 0 Å². The molecule has 0 radical (unpaired) electrons. The molecule has 96 valence electrons. The van der Waals surface area contributed by atoms with Crippen molar-refractivity contribution in [1.29, 1.82) is 0 Å². The Morgan fingerprint density at radius 3 is 2.28 bits per heavy atom. The molecule has 1 aromatic carbocycles. The van der Waals surface area contributed by atoms with Gasteiger partial charge in [-0.2, -0.15) is 0 Å². The average Bonchev–Trinajstić information content (AvgIpc) is 2.73. The van der Waals surface area contributed by atoms with Crippen LogP contribution in [0.15, 0.2) is 24.3 Å². The molecule has 1 aliphatic heterocycles. The minimum absolute atomic E-state index is 0.510. The van der Waals surface area contributed by atoms with Gasteiger partial charge in [-0.05, 0) is 28.9 Å². The zero-order valence-electron chi connectivity index (χ0n) is 11.0. The summed E-state index contributed by atoms with van der Waals surface area (Å²) in [4.78, 5) is 2.49. The number of benzene rings is 1. The summed E-state index contributed by atoms with van der Waals surface area (Å²) >= 11 is 0. The second kappa shape index (κ2) is 3.58. The minimum Gasteiger partial charge on any atom is -0.388 e. The van der Waals surface area contributed by atoms with Crippen LogP contribution in [0.5, 0.6) is 0 Å². The number of hydrogen-bond donors (Lipinski definition) is 1. The van der Waals surface area contributed by atoms with Crippen LogP contribution in [-0.2, 0) is 12.8 Å². The quantitative estimate of drug-likeness (QED) is 0.855. The molecule has 2 nitrogen and oxygen atoms in total. The number of fused-ring (bicyclic) bond motifs is 2. The van der Waals surface area contributed by atoms with Gasteiger partial charge in [0.25, 0.3) is 0 Å². The van der Waals surface area contributed by atoms with Crippen LogP contribution in [0, 0.1) is 17.8 Å². The molecule has 4 rings (SSSR count). The van der Waals surface area contributed by atoms with Crippen molar-refractivity contribution in [3.8, 4) is 0 Å². The Balaban J connectivity index is 1.44. The normalized spacial score (nSPS) is 36.4. The van der Waals surface area contributed by atoms with Gasteiger partial charge in [-0.1, -0.05) is 31.2 Å². The molecule has 1 N–H and O–H groups in total. The first-order valence-electron chi connectivity index (χ1n) is 7.16. The van der Waals surface area contributed by atoms with Crippen LogP contribution in [-0.4, -0.2) is 35.2 Å². The van der Waals surface area contributed by atoms with Gasteiger partial charge in [0.05, 0.1) is 5.60 Å². The molecular weight excluding hydrogens is 222 g/mol. The molecule has 2 unspecified atom stereocenters. The molecule has 0 aromatic heterocycles. The van der Waals surface area contributed by atoms with Crippen LogP contribution >= 0.6 is 0 Å². The number of likely N-dealkylation sites (tertiary alicyclic amines) is 1.